The molecule has 15 heavy (non-hydrogen) atoms. The summed E-state index contributed by atoms with van der Waals surface area (Å²) in [5.74, 6) is -1.03. The van der Waals surface area contributed by atoms with Gasteiger partial charge in [-0.15, -0.1) is 0 Å². The number of nitrogens with zero attached hydrogens (tertiary/aromatic N) is 1. The maximum Gasteiger partial charge on any atom is 0.270 e. The number of aromatic nitrogens is 1. The van der Waals surface area contributed by atoms with Gasteiger partial charge in [-0.3, -0.25) is 14.6 Å². The highest BCUT2D eigenvalue weighted by Crippen LogP contribution is 1.98. The first-order valence-electron chi connectivity index (χ1n) is 4.35. The van der Waals surface area contributed by atoms with Gasteiger partial charge >= 0.3 is 0 Å². The Labute approximate surface area is 86.7 Å². The lowest BCUT2D eigenvalue weighted by atomic mass is 10.2. The molecule has 0 bridgehead atoms. The summed E-state index contributed by atoms with van der Waals surface area (Å²) in [5, 5.41) is 2.33. The first-order chi connectivity index (χ1) is 7.13. The van der Waals surface area contributed by atoms with E-state index in [1.54, 1.807) is 12.1 Å². The van der Waals surface area contributed by atoms with Crippen LogP contribution in [0.15, 0.2) is 18.3 Å². The largest absolute Gasteiger partial charge is 0.368 e. The van der Waals surface area contributed by atoms with E-state index in [0.29, 0.717) is 6.54 Å². The molecule has 0 aliphatic rings. The summed E-state index contributed by atoms with van der Waals surface area (Å²) >= 11 is 0. The highest BCUT2D eigenvalue weighted by atomic mass is 16.2. The van der Waals surface area contributed by atoms with E-state index in [2.05, 4.69) is 10.3 Å². The normalized spacial score (nSPS) is 9.67. The molecule has 0 aliphatic carbocycles. The number of pyridine rings is 1. The topological polar surface area (TPSA) is 111 Å². The minimum absolute atomic E-state index is 0.195. The van der Waals surface area contributed by atoms with Gasteiger partial charge in [-0.25, -0.2) is 0 Å². The quantitative estimate of drug-likeness (QED) is 0.574. The molecule has 0 saturated heterocycles. The Kier molecular flexibility index (Phi) is 3.75. The molecular weight excluding hydrogens is 196 g/mol. The van der Waals surface area contributed by atoms with Crippen molar-refractivity contribution in [2.75, 3.05) is 6.54 Å². The average Bonchev–Trinajstić information content (AvgIpc) is 2.26. The van der Waals surface area contributed by atoms with Crippen LogP contribution in [0.4, 0.5) is 0 Å². The smallest absolute Gasteiger partial charge is 0.270 e. The predicted octanol–water partition coefficient (Wildman–Crippen LogP) is -1.24. The van der Waals surface area contributed by atoms with Gasteiger partial charge in [-0.1, -0.05) is 6.07 Å². The summed E-state index contributed by atoms with van der Waals surface area (Å²) < 4.78 is 0. The number of hydrogen-bond acceptors (Lipinski definition) is 4. The first kappa shape index (κ1) is 11.1. The zero-order valence-electron chi connectivity index (χ0n) is 8.06. The molecule has 5 N–H and O–H groups in total. The van der Waals surface area contributed by atoms with Gasteiger partial charge < -0.3 is 16.8 Å². The molecule has 0 aromatic carbocycles. The zero-order valence-corrected chi connectivity index (χ0v) is 8.06. The molecule has 0 unspecified atom stereocenters. The second kappa shape index (κ2) is 5.06. The van der Waals surface area contributed by atoms with Gasteiger partial charge in [0.15, 0.2) is 0 Å². The van der Waals surface area contributed by atoms with Crippen LogP contribution in [0.2, 0.25) is 0 Å². The summed E-state index contributed by atoms with van der Waals surface area (Å²) in [6.45, 7) is 0.176. The third kappa shape index (κ3) is 3.35. The lowest BCUT2D eigenvalue weighted by molar-refractivity contribution is -0.117. The van der Waals surface area contributed by atoms with Crippen LogP contribution in [0.3, 0.4) is 0 Å². The number of carbonyl (C=O) groups excluding carboxylic acids is 2. The third-order valence-corrected chi connectivity index (χ3v) is 1.72. The molecule has 0 fully saturated rings. The van der Waals surface area contributed by atoms with E-state index >= 15 is 0 Å². The van der Waals surface area contributed by atoms with Crippen molar-refractivity contribution in [1.82, 2.24) is 10.3 Å². The molecule has 1 aromatic heterocycles. The highest BCUT2D eigenvalue weighted by Gasteiger charge is 2.06. The van der Waals surface area contributed by atoms with E-state index in [0.717, 1.165) is 5.56 Å². The molecule has 0 saturated carbocycles. The van der Waals surface area contributed by atoms with Crippen LogP contribution >= 0.6 is 0 Å². The molecule has 0 spiro atoms. The minimum Gasteiger partial charge on any atom is -0.368 e. The number of hydrogen-bond donors (Lipinski definition) is 3. The highest BCUT2D eigenvalue weighted by molar-refractivity contribution is 5.94. The monoisotopic (exact) mass is 208 g/mol. The fourth-order valence-corrected chi connectivity index (χ4v) is 0.938. The van der Waals surface area contributed by atoms with Crippen LogP contribution in [0.1, 0.15) is 16.1 Å². The summed E-state index contributed by atoms with van der Waals surface area (Å²) in [7, 11) is 0. The van der Waals surface area contributed by atoms with Gasteiger partial charge in [0.2, 0.25) is 5.91 Å². The van der Waals surface area contributed by atoms with Gasteiger partial charge in [0.05, 0.1) is 6.54 Å². The molecule has 0 aliphatic heterocycles. The molecule has 1 aromatic rings. The molecular formula is C9H12N4O2. The zero-order chi connectivity index (χ0) is 11.3. The number of nitrogens with one attached hydrogen (secondary N) is 1. The van der Waals surface area contributed by atoms with E-state index in [-0.39, 0.29) is 12.2 Å². The lowest BCUT2D eigenvalue weighted by Gasteiger charge is -2.02. The van der Waals surface area contributed by atoms with Gasteiger partial charge in [0.25, 0.3) is 5.91 Å². The number of carbonyl (C=O) groups is 2. The Morgan fingerprint density at radius 2 is 2.13 bits per heavy atom. The summed E-state index contributed by atoms with van der Waals surface area (Å²) in [6, 6.07) is 3.24. The van der Waals surface area contributed by atoms with Crippen LogP contribution in [-0.4, -0.2) is 23.3 Å². The van der Waals surface area contributed by atoms with Crippen molar-refractivity contribution < 1.29 is 9.59 Å². The maximum atomic E-state index is 11.3. The standard InChI is InChI=1S/C9H12N4O2/c10-3-6-1-2-7(12-4-6)9(15)13-5-8(11)14/h1-2,4H,3,5,10H2,(H2,11,14)(H,13,15). The van der Waals surface area contributed by atoms with E-state index < -0.39 is 11.8 Å². The van der Waals surface area contributed by atoms with Crippen molar-refractivity contribution >= 4 is 11.8 Å². The van der Waals surface area contributed by atoms with Crippen molar-refractivity contribution in [2.24, 2.45) is 11.5 Å². The van der Waals surface area contributed by atoms with Gasteiger partial charge in [0, 0.05) is 12.7 Å². The van der Waals surface area contributed by atoms with Crippen LogP contribution < -0.4 is 16.8 Å². The summed E-state index contributed by atoms with van der Waals surface area (Å²) in [4.78, 5) is 25.6. The SMILES string of the molecule is NCc1ccc(C(=O)NCC(N)=O)nc1. The second-order valence-electron chi connectivity index (χ2n) is 2.90. The average molecular weight is 208 g/mol. The Morgan fingerprint density at radius 1 is 1.40 bits per heavy atom. The van der Waals surface area contributed by atoms with Gasteiger partial charge in [-0.05, 0) is 11.6 Å². The number of rotatable bonds is 4. The minimum atomic E-state index is -0.595. The molecule has 1 heterocycles. The molecule has 0 radical (unpaired) electrons. The Morgan fingerprint density at radius 3 is 2.60 bits per heavy atom. The second-order valence-corrected chi connectivity index (χ2v) is 2.90. The first-order valence-corrected chi connectivity index (χ1v) is 4.35. The van der Waals surface area contributed by atoms with E-state index in [1.807, 2.05) is 0 Å². The molecule has 2 amide bonds. The fraction of sp³-hybridized carbons (Fsp3) is 0.222. The van der Waals surface area contributed by atoms with Gasteiger partial charge in [-0.2, -0.15) is 0 Å². The molecule has 6 heteroatoms. The van der Waals surface area contributed by atoms with E-state index in [4.69, 9.17) is 11.5 Å². The Hall–Kier alpha value is -1.95. The fourth-order valence-electron chi connectivity index (χ4n) is 0.938. The van der Waals surface area contributed by atoms with Crippen LogP contribution in [0.5, 0.6) is 0 Å². The van der Waals surface area contributed by atoms with Crippen molar-refractivity contribution in [3.63, 3.8) is 0 Å². The third-order valence-electron chi connectivity index (χ3n) is 1.72. The molecule has 6 nitrogen and oxygen atoms in total. The van der Waals surface area contributed by atoms with Crippen LogP contribution in [0.25, 0.3) is 0 Å². The number of primary amides is 1. The number of amides is 2. The number of nitrogens with two attached hydrogens (primary N) is 2. The summed E-state index contributed by atoms with van der Waals surface area (Å²) in [5.41, 5.74) is 11.3. The van der Waals surface area contributed by atoms with Gasteiger partial charge in [0.1, 0.15) is 5.69 Å². The van der Waals surface area contributed by atoms with Crippen molar-refractivity contribution in [3.8, 4) is 0 Å². The molecule has 0 atom stereocenters. The van der Waals surface area contributed by atoms with Crippen LogP contribution in [0, 0.1) is 0 Å². The Bertz CT molecular complexity index is 361. The Balaban J connectivity index is 2.62. The van der Waals surface area contributed by atoms with Crippen LogP contribution in [-0.2, 0) is 11.3 Å². The van der Waals surface area contributed by atoms with E-state index in [1.165, 1.54) is 6.20 Å². The van der Waals surface area contributed by atoms with Crippen molar-refractivity contribution in [1.29, 1.82) is 0 Å². The molecule has 80 valence electrons. The van der Waals surface area contributed by atoms with Crippen molar-refractivity contribution in [2.45, 2.75) is 6.54 Å². The summed E-state index contributed by atoms with van der Waals surface area (Å²) in [6.07, 6.45) is 1.51. The van der Waals surface area contributed by atoms with E-state index in [9.17, 15) is 9.59 Å². The molecule has 1 rings (SSSR count). The van der Waals surface area contributed by atoms with Crippen molar-refractivity contribution in [3.05, 3.63) is 29.6 Å². The predicted molar refractivity (Wildman–Crippen MR) is 53.7 cm³/mol. The maximum absolute atomic E-state index is 11.3. The lowest BCUT2D eigenvalue weighted by Crippen LogP contribution is -2.33.